The molecule has 0 radical (unpaired) electrons. The molecular formula is C14H12ClN3O3. The molecule has 2 aromatic rings. The lowest BCUT2D eigenvalue weighted by Gasteiger charge is -2.20. The molecule has 2 heterocycles. The van der Waals surface area contributed by atoms with E-state index in [2.05, 4.69) is 10.3 Å². The van der Waals surface area contributed by atoms with Gasteiger partial charge >= 0.3 is 5.69 Å². The van der Waals surface area contributed by atoms with Crippen LogP contribution in [-0.2, 0) is 6.42 Å². The van der Waals surface area contributed by atoms with Crippen molar-refractivity contribution in [3.63, 3.8) is 0 Å². The van der Waals surface area contributed by atoms with E-state index >= 15 is 0 Å². The number of hydrogen-bond donors (Lipinski definition) is 1. The molecule has 0 spiro atoms. The van der Waals surface area contributed by atoms with Crippen molar-refractivity contribution in [1.82, 2.24) is 4.98 Å². The quantitative estimate of drug-likeness (QED) is 0.689. The second-order valence-electron chi connectivity index (χ2n) is 4.66. The summed E-state index contributed by atoms with van der Waals surface area (Å²) in [5.74, 6) is 0.468. The van der Waals surface area contributed by atoms with E-state index in [9.17, 15) is 10.1 Å². The number of pyridine rings is 1. The predicted octanol–water partition coefficient (Wildman–Crippen LogP) is 3.79. The zero-order valence-electron chi connectivity index (χ0n) is 11.0. The summed E-state index contributed by atoms with van der Waals surface area (Å²) in [6, 6.07) is 6.87. The van der Waals surface area contributed by atoms with E-state index in [1.165, 1.54) is 12.3 Å². The zero-order chi connectivity index (χ0) is 14.8. The molecule has 1 aromatic carbocycles. The van der Waals surface area contributed by atoms with Crippen molar-refractivity contribution >= 4 is 23.0 Å². The Balaban J connectivity index is 2.00. The number of nitrogens with one attached hydrogen (secondary N) is 1. The van der Waals surface area contributed by atoms with Gasteiger partial charge in [-0.2, -0.15) is 0 Å². The number of halogens is 1. The summed E-state index contributed by atoms with van der Waals surface area (Å²) in [6.45, 7) is 0.851. The number of aromatic nitrogens is 1. The fourth-order valence-corrected chi connectivity index (χ4v) is 2.44. The molecule has 6 nitrogen and oxygen atoms in total. The number of para-hydroxylation sites is 1. The molecule has 0 aliphatic carbocycles. The highest BCUT2D eigenvalue weighted by atomic mass is 35.5. The maximum Gasteiger partial charge on any atom is 0.332 e. The van der Waals surface area contributed by atoms with Gasteiger partial charge in [0.1, 0.15) is 0 Å². The molecule has 0 amide bonds. The van der Waals surface area contributed by atoms with E-state index in [0.717, 1.165) is 30.6 Å². The van der Waals surface area contributed by atoms with Gasteiger partial charge in [0.2, 0.25) is 0 Å². The SMILES string of the molecule is O=[N+]([O-])c1cc(Cl)cnc1Oc1cccc2c1NCCC2. The van der Waals surface area contributed by atoms with Crippen LogP contribution >= 0.6 is 11.6 Å². The van der Waals surface area contributed by atoms with Gasteiger partial charge in [0.25, 0.3) is 5.88 Å². The van der Waals surface area contributed by atoms with Gasteiger partial charge in [-0.05, 0) is 24.5 Å². The monoisotopic (exact) mass is 305 g/mol. The minimum atomic E-state index is -0.559. The van der Waals surface area contributed by atoms with E-state index < -0.39 is 4.92 Å². The maximum atomic E-state index is 11.1. The first-order chi connectivity index (χ1) is 10.1. The highest BCUT2D eigenvalue weighted by molar-refractivity contribution is 6.30. The van der Waals surface area contributed by atoms with Crippen molar-refractivity contribution in [3.8, 4) is 11.6 Å². The van der Waals surface area contributed by atoms with Crippen molar-refractivity contribution < 1.29 is 9.66 Å². The molecule has 3 rings (SSSR count). The van der Waals surface area contributed by atoms with Crippen LogP contribution in [0.3, 0.4) is 0 Å². The fourth-order valence-electron chi connectivity index (χ4n) is 2.29. The average Bonchev–Trinajstić information content (AvgIpc) is 2.49. The van der Waals surface area contributed by atoms with Gasteiger partial charge in [0.05, 0.1) is 21.8 Å². The molecule has 21 heavy (non-hydrogen) atoms. The van der Waals surface area contributed by atoms with Gasteiger partial charge in [0, 0.05) is 12.6 Å². The Bertz CT molecular complexity index is 706. The van der Waals surface area contributed by atoms with E-state index in [4.69, 9.17) is 16.3 Å². The third-order valence-corrected chi connectivity index (χ3v) is 3.45. The molecule has 0 unspecified atom stereocenters. The molecule has 1 aromatic heterocycles. The molecule has 1 N–H and O–H groups in total. The Morgan fingerprint density at radius 1 is 1.43 bits per heavy atom. The summed E-state index contributed by atoms with van der Waals surface area (Å²) in [5, 5.41) is 14.5. The molecule has 0 saturated carbocycles. The first-order valence-corrected chi connectivity index (χ1v) is 6.86. The van der Waals surface area contributed by atoms with E-state index in [1.807, 2.05) is 12.1 Å². The van der Waals surface area contributed by atoms with Crippen molar-refractivity contribution in [1.29, 1.82) is 0 Å². The molecular weight excluding hydrogens is 294 g/mol. The number of anilines is 1. The Hall–Kier alpha value is -2.34. The van der Waals surface area contributed by atoms with E-state index in [-0.39, 0.29) is 16.6 Å². The number of aryl methyl sites for hydroxylation is 1. The average molecular weight is 306 g/mol. The first-order valence-electron chi connectivity index (χ1n) is 6.48. The minimum Gasteiger partial charge on any atom is -0.431 e. The van der Waals surface area contributed by atoms with Crippen LogP contribution in [0.5, 0.6) is 11.6 Å². The lowest BCUT2D eigenvalue weighted by Crippen LogP contribution is -2.12. The minimum absolute atomic E-state index is 0.0647. The maximum absolute atomic E-state index is 11.1. The standard InChI is InChI=1S/C14H12ClN3O3/c15-10-7-11(18(19)20)14(17-8-10)21-12-5-1-3-9-4-2-6-16-13(9)12/h1,3,5,7-8,16H,2,4,6H2. The number of rotatable bonds is 3. The molecule has 1 aliphatic heterocycles. The number of benzene rings is 1. The third kappa shape index (κ3) is 2.75. The number of hydrogen-bond acceptors (Lipinski definition) is 5. The van der Waals surface area contributed by atoms with Gasteiger partial charge in [0.15, 0.2) is 5.75 Å². The summed E-state index contributed by atoms with van der Waals surface area (Å²) >= 11 is 5.74. The Morgan fingerprint density at radius 3 is 3.10 bits per heavy atom. The second-order valence-corrected chi connectivity index (χ2v) is 5.09. The van der Waals surface area contributed by atoms with E-state index in [1.54, 1.807) is 6.07 Å². The lowest BCUT2D eigenvalue weighted by molar-refractivity contribution is -0.386. The summed E-state index contributed by atoms with van der Waals surface area (Å²) in [5.41, 5.74) is 1.75. The number of nitro groups is 1. The molecule has 7 heteroatoms. The summed E-state index contributed by atoms with van der Waals surface area (Å²) in [6.07, 6.45) is 3.33. The Morgan fingerprint density at radius 2 is 2.29 bits per heavy atom. The van der Waals surface area contributed by atoms with Crippen LogP contribution in [0.15, 0.2) is 30.5 Å². The van der Waals surface area contributed by atoms with Crippen LogP contribution in [0.4, 0.5) is 11.4 Å². The van der Waals surface area contributed by atoms with Gasteiger partial charge in [-0.3, -0.25) is 10.1 Å². The molecule has 0 atom stereocenters. The Labute approximate surface area is 125 Å². The summed E-state index contributed by atoms with van der Waals surface area (Å²) in [7, 11) is 0. The molecule has 0 fully saturated rings. The van der Waals surface area contributed by atoms with Gasteiger partial charge in [-0.1, -0.05) is 23.7 Å². The highest BCUT2D eigenvalue weighted by Crippen LogP contribution is 2.37. The van der Waals surface area contributed by atoms with Gasteiger partial charge < -0.3 is 10.1 Å². The molecule has 0 bridgehead atoms. The van der Waals surface area contributed by atoms with Crippen LogP contribution in [0, 0.1) is 10.1 Å². The topological polar surface area (TPSA) is 77.3 Å². The first kappa shape index (κ1) is 13.6. The van der Waals surface area contributed by atoms with Crippen LogP contribution in [0.1, 0.15) is 12.0 Å². The van der Waals surface area contributed by atoms with Crippen molar-refractivity contribution in [3.05, 3.63) is 51.2 Å². The normalized spacial score (nSPS) is 13.2. The van der Waals surface area contributed by atoms with Crippen molar-refractivity contribution in [2.45, 2.75) is 12.8 Å². The fraction of sp³-hybridized carbons (Fsp3) is 0.214. The summed E-state index contributed by atoms with van der Waals surface area (Å²) in [4.78, 5) is 14.4. The number of fused-ring (bicyclic) bond motifs is 1. The lowest BCUT2D eigenvalue weighted by atomic mass is 10.0. The molecule has 108 valence electrons. The molecule has 0 saturated heterocycles. The second kappa shape index (κ2) is 5.57. The number of ether oxygens (including phenoxy) is 1. The van der Waals surface area contributed by atoms with Gasteiger partial charge in [-0.15, -0.1) is 0 Å². The summed E-state index contributed by atoms with van der Waals surface area (Å²) < 4.78 is 5.65. The van der Waals surface area contributed by atoms with Crippen molar-refractivity contribution in [2.75, 3.05) is 11.9 Å². The van der Waals surface area contributed by atoms with Crippen molar-refractivity contribution in [2.24, 2.45) is 0 Å². The van der Waals surface area contributed by atoms with Crippen LogP contribution in [0.25, 0.3) is 0 Å². The largest absolute Gasteiger partial charge is 0.431 e. The Kier molecular flexibility index (Phi) is 3.62. The molecule has 1 aliphatic rings. The number of nitrogens with zero attached hydrogens (tertiary/aromatic N) is 2. The zero-order valence-corrected chi connectivity index (χ0v) is 11.8. The smallest absolute Gasteiger partial charge is 0.332 e. The van der Waals surface area contributed by atoms with Gasteiger partial charge in [-0.25, -0.2) is 4.98 Å². The third-order valence-electron chi connectivity index (χ3n) is 3.24. The van der Waals surface area contributed by atoms with E-state index in [0.29, 0.717) is 5.75 Å². The predicted molar refractivity (Wildman–Crippen MR) is 79.2 cm³/mol. The van der Waals surface area contributed by atoms with Crippen LogP contribution < -0.4 is 10.1 Å². The highest BCUT2D eigenvalue weighted by Gasteiger charge is 2.21. The van der Waals surface area contributed by atoms with Crippen LogP contribution in [0.2, 0.25) is 5.02 Å². The van der Waals surface area contributed by atoms with Crippen LogP contribution in [-0.4, -0.2) is 16.5 Å².